The van der Waals surface area contributed by atoms with E-state index in [1.807, 2.05) is 37.3 Å². The number of nitrogens with zero attached hydrogens (tertiary/aromatic N) is 2. The molecule has 0 saturated heterocycles. The first-order valence-electron chi connectivity index (χ1n) is 8.29. The SMILES string of the molecule is CCOc1cccc(N(CC(=O)N(C)Cc2ccccc2)S(C)(=O)=O)c1. The maximum atomic E-state index is 12.6. The van der Waals surface area contributed by atoms with Crippen LogP contribution in [-0.4, -0.2) is 45.7 Å². The van der Waals surface area contributed by atoms with E-state index in [1.165, 1.54) is 4.90 Å². The summed E-state index contributed by atoms with van der Waals surface area (Å²) in [6.45, 7) is 2.47. The molecule has 0 radical (unpaired) electrons. The van der Waals surface area contributed by atoms with Crippen LogP contribution < -0.4 is 9.04 Å². The first-order valence-corrected chi connectivity index (χ1v) is 10.1. The van der Waals surface area contributed by atoms with E-state index in [4.69, 9.17) is 4.74 Å². The van der Waals surface area contributed by atoms with Gasteiger partial charge >= 0.3 is 0 Å². The fourth-order valence-corrected chi connectivity index (χ4v) is 3.33. The molecule has 0 aliphatic carbocycles. The smallest absolute Gasteiger partial charge is 0.243 e. The second kappa shape index (κ2) is 8.71. The number of anilines is 1. The summed E-state index contributed by atoms with van der Waals surface area (Å²) in [6, 6.07) is 16.3. The molecule has 6 nitrogen and oxygen atoms in total. The quantitative estimate of drug-likeness (QED) is 0.710. The highest BCUT2D eigenvalue weighted by molar-refractivity contribution is 7.92. The van der Waals surface area contributed by atoms with Gasteiger partial charge in [-0.05, 0) is 24.6 Å². The van der Waals surface area contributed by atoms with E-state index >= 15 is 0 Å². The average Bonchev–Trinajstić information content (AvgIpc) is 2.60. The second-order valence-electron chi connectivity index (χ2n) is 5.94. The van der Waals surface area contributed by atoms with Crippen LogP contribution >= 0.6 is 0 Å². The number of likely N-dealkylation sites (N-methyl/N-ethyl adjacent to an activating group) is 1. The van der Waals surface area contributed by atoms with E-state index in [1.54, 1.807) is 31.3 Å². The number of amides is 1. The highest BCUT2D eigenvalue weighted by Gasteiger charge is 2.23. The molecule has 0 spiro atoms. The Balaban J connectivity index is 2.17. The van der Waals surface area contributed by atoms with Crippen molar-refractivity contribution in [3.8, 4) is 5.75 Å². The van der Waals surface area contributed by atoms with Crippen LogP contribution in [0, 0.1) is 0 Å². The topological polar surface area (TPSA) is 66.9 Å². The molecule has 0 aromatic heterocycles. The van der Waals surface area contributed by atoms with E-state index in [9.17, 15) is 13.2 Å². The van der Waals surface area contributed by atoms with Crippen molar-refractivity contribution in [1.29, 1.82) is 0 Å². The Bertz CT molecular complexity index is 838. The molecule has 0 unspecified atom stereocenters. The van der Waals surface area contributed by atoms with Gasteiger partial charge in [-0.15, -0.1) is 0 Å². The van der Waals surface area contributed by atoms with Crippen LogP contribution in [0.2, 0.25) is 0 Å². The van der Waals surface area contributed by atoms with Crippen molar-refractivity contribution in [2.45, 2.75) is 13.5 Å². The summed E-state index contributed by atoms with van der Waals surface area (Å²) in [4.78, 5) is 14.1. The Hall–Kier alpha value is -2.54. The molecule has 0 aliphatic rings. The highest BCUT2D eigenvalue weighted by atomic mass is 32.2. The van der Waals surface area contributed by atoms with Crippen LogP contribution in [0.3, 0.4) is 0 Å². The molecule has 2 aromatic rings. The van der Waals surface area contributed by atoms with Gasteiger partial charge in [-0.2, -0.15) is 0 Å². The Morgan fingerprint density at radius 1 is 1.08 bits per heavy atom. The van der Waals surface area contributed by atoms with E-state index in [0.717, 1.165) is 16.1 Å². The number of sulfonamides is 1. The second-order valence-corrected chi connectivity index (χ2v) is 7.84. The summed E-state index contributed by atoms with van der Waals surface area (Å²) in [5.41, 5.74) is 1.38. The van der Waals surface area contributed by atoms with Gasteiger partial charge in [-0.1, -0.05) is 36.4 Å². The first-order chi connectivity index (χ1) is 12.3. The molecule has 0 aliphatic heterocycles. The van der Waals surface area contributed by atoms with Crippen molar-refractivity contribution in [3.05, 3.63) is 60.2 Å². The molecular weight excluding hydrogens is 352 g/mol. The Kier molecular flexibility index (Phi) is 6.63. The minimum Gasteiger partial charge on any atom is -0.494 e. The van der Waals surface area contributed by atoms with Crippen molar-refractivity contribution < 1.29 is 17.9 Å². The van der Waals surface area contributed by atoms with Crippen molar-refractivity contribution in [2.24, 2.45) is 0 Å². The molecule has 0 N–H and O–H groups in total. The maximum absolute atomic E-state index is 12.6. The minimum atomic E-state index is -3.62. The Morgan fingerprint density at radius 3 is 2.38 bits per heavy atom. The predicted octanol–water partition coefficient (Wildman–Crippen LogP) is 2.51. The lowest BCUT2D eigenvalue weighted by Gasteiger charge is -2.25. The third kappa shape index (κ3) is 5.49. The monoisotopic (exact) mass is 376 g/mol. The molecule has 2 aromatic carbocycles. The zero-order valence-electron chi connectivity index (χ0n) is 15.3. The fraction of sp³-hybridized carbons (Fsp3) is 0.316. The molecule has 7 heteroatoms. The number of ether oxygens (including phenoxy) is 1. The molecule has 140 valence electrons. The predicted molar refractivity (Wildman–Crippen MR) is 103 cm³/mol. The summed E-state index contributed by atoms with van der Waals surface area (Å²) in [5.74, 6) is 0.268. The molecule has 0 fully saturated rings. The lowest BCUT2D eigenvalue weighted by molar-refractivity contribution is -0.128. The fourth-order valence-electron chi connectivity index (χ4n) is 2.48. The standard InChI is InChI=1S/C19H24N2O4S/c1-4-25-18-12-8-11-17(13-18)21(26(3,23)24)15-19(22)20(2)14-16-9-6-5-7-10-16/h5-13H,4,14-15H2,1-3H3. The molecule has 0 saturated carbocycles. The van der Waals surface area contributed by atoms with Gasteiger partial charge < -0.3 is 9.64 Å². The van der Waals surface area contributed by atoms with Crippen molar-refractivity contribution in [3.63, 3.8) is 0 Å². The van der Waals surface area contributed by atoms with E-state index in [-0.39, 0.29) is 12.5 Å². The molecule has 1 amide bonds. The van der Waals surface area contributed by atoms with Gasteiger partial charge in [0.25, 0.3) is 0 Å². The van der Waals surface area contributed by atoms with E-state index in [2.05, 4.69) is 0 Å². The van der Waals surface area contributed by atoms with Crippen LogP contribution in [0.25, 0.3) is 0 Å². The molecular formula is C19H24N2O4S. The third-order valence-corrected chi connectivity index (χ3v) is 4.92. The Morgan fingerprint density at radius 2 is 1.77 bits per heavy atom. The number of carbonyl (C=O) groups is 1. The van der Waals surface area contributed by atoms with Crippen LogP contribution in [0.4, 0.5) is 5.69 Å². The number of rotatable bonds is 8. The summed E-state index contributed by atoms with van der Waals surface area (Å²) in [7, 11) is -1.96. The van der Waals surface area contributed by atoms with E-state index in [0.29, 0.717) is 24.6 Å². The maximum Gasteiger partial charge on any atom is 0.243 e. The summed E-state index contributed by atoms with van der Waals surface area (Å²) < 4.78 is 31.0. The van der Waals surface area contributed by atoms with Crippen LogP contribution in [0.5, 0.6) is 5.75 Å². The lowest BCUT2D eigenvalue weighted by Crippen LogP contribution is -2.41. The van der Waals surface area contributed by atoms with Crippen molar-refractivity contribution in [1.82, 2.24) is 4.90 Å². The Labute approximate surface area is 155 Å². The zero-order chi connectivity index (χ0) is 19.2. The third-order valence-electron chi connectivity index (χ3n) is 3.78. The number of hydrogen-bond acceptors (Lipinski definition) is 4. The van der Waals surface area contributed by atoms with Gasteiger partial charge in [0.05, 0.1) is 18.6 Å². The van der Waals surface area contributed by atoms with Gasteiger partial charge in [-0.3, -0.25) is 9.10 Å². The molecule has 0 atom stereocenters. The lowest BCUT2D eigenvalue weighted by atomic mass is 10.2. The first kappa shape index (κ1) is 19.8. The zero-order valence-corrected chi connectivity index (χ0v) is 16.1. The van der Waals surface area contributed by atoms with Gasteiger partial charge in [0.2, 0.25) is 15.9 Å². The van der Waals surface area contributed by atoms with Gasteiger partial charge in [0, 0.05) is 19.7 Å². The van der Waals surface area contributed by atoms with Crippen LogP contribution in [0.15, 0.2) is 54.6 Å². The molecule has 26 heavy (non-hydrogen) atoms. The highest BCUT2D eigenvalue weighted by Crippen LogP contribution is 2.23. The summed E-state index contributed by atoms with van der Waals surface area (Å²) >= 11 is 0. The van der Waals surface area contributed by atoms with Crippen molar-refractivity contribution in [2.75, 3.05) is 30.8 Å². The average molecular weight is 376 g/mol. The van der Waals surface area contributed by atoms with Crippen LogP contribution in [0.1, 0.15) is 12.5 Å². The summed E-state index contributed by atoms with van der Waals surface area (Å²) in [5, 5.41) is 0. The van der Waals surface area contributed by atoms with Gasteiger partial charge in [0.1, 0.15) is 12.3 Å². The van der Waals surface area contributed by atoms with E-state index < -0.39 is 10.0 Å². The normalized spacial score (nSPS) is 11.0. The largest absolute Gasteiger partial charge is 0.494 e. The summed E-state index contributed by atoms with van der Waals surface area (Å²) in [6.07, 6.45) is 1.09. The number of hydrogen-bond donors (Lipinski definition) is 0. The number of carbonyl (C=O) groups excluding carboxylic acids is 1. The minimum absolute atomic E-state index is 0.266. The molecule has 2 rings (SSSR count). The molecule has 0 bridgehead atoms. The van der Waals surface area contributed by atoms with Crippen LogP contribution in [-0.2, 0) is 21.4 Å². The van der Waals surface area contributed by atoms with Crippen molar-refractivity contribution >= 4 is 21.6 Å². The number of benzene rings is 2. The molecule has 0 heterocycles. The van der Waals surface area contributed by atoms with Gasteiger partial charge in [-0.25, -0.2) is 8.42 Å². The van der Waals surface area contributed by atoms with Gasteiger partial charge in [0.15, 0.2) is 0 Å².